The molecule has 3 aromatic carbocycles. The minimum atomic E-state index is -0.0835. The van der Waals surface area contributed by atoms with Crippen LogP contribution in [-0.2, 0) is 13.0 Å². The number of ketones is 1. The minimum Gasteiger partial charge on any atom is -0.496 e. The van der Waals surface area contributed by atoms with Crippen molar-refractivity contribution in [2.45, 2.75) is 33.7 Å². The summed E-state index contributed by atoms with van der Waals surface area (Å²) in [5.41, 5.74) is 5.79. The molecule has 0 saturated heterocycles. The van der Waals surface area contributed by atoms with Gasteiger partial charge in [-0.05, 0) is 68.7 Å². The summed E-state index contributed by atoms with van der Waals surface area (Å²) in [6.45, 7) is 10.2. The highest BCUT2D eigenvalue weighted by atomic mass is 16.5. The lowest BCUT2D eigenvalue weighted by molar-refractivity contribution is 0.0952. The Labute approximate surface area is 219 Å². The van der Waals surface area contributed by atoms with Crippen LogP contribution in [0.5, 0.6) is 17.2 Å². The fourth-order valence-electron chi connectivity index (χ4n) is 5.15. The lowest BCUT2D eigenvalue weighted by Gasteiger charge is -2.30. The van der Waals surface area contributed by atoms with Gasteiger partial charge >= 0.3 is 0 Å². The zero-order chi connectivity index (χ0) is 25.9. The van der Waals surface area contributed by atoms with Crippen molar-refractivity contribution < 1.29 is 19.0 Å². The molecule has 0 bridgehead atoms. The fourth-order valence-corrected chi connectivity index (χ4v) is 5.15. The summed E-state index contributed by atoms with van der Waals surface area (Å²) < 4.78 is 17.7. The number of para-hydroxylation sites is 1. The molecular weight excluding hydrogens is 464 g/mol. The number of carbonyl (C=O) groups excluding carboxylic acids is 1. The van der Waals surface area contributed by atoms with Crippen molar-refractivity contribution in [3.05, 3.63) is 88.2 Å². The van der Waals surface area contributed by atoms with E-state index in [2.05, 4.69) is 41.8 Å². The first-order chi connectivity index (χ1) is 18.0. The highest BCUT2D eigenvalue weighted by Crippen LogP contribution is 2.43. The van der Waals surface area contributed by atoms with E-state index in [-0.39, 0.29) is 5.78 Å². The first-order valence-electron chi connectivity index (χ1n) is 12.9. The maximum atomic E-state index is 13.3. The molecule has 3 aromatic rings. The molecule has 6 heteroatoms. The lowest BCUT2D eigenvalue weighted by atomic mass is 9.99. The second kappa shape index (κ2) is 10.7. The molecular formula is C31H34N2O4. The molecule has 0 atom stereocenters. The number of hydrogen-bond acceptors (Lipinski definition) is 6. The van der Waals surface area contributed by atoms with Crippen LogP contribution in [0, 0.1) is 6.92 Å². The van der Waals surface area contributed by atoms with E-state index in [1.807, 2.05) is 49.4 Å². The zero-order valence-electron chi connectivity index (χ0n) is 22.0. The SMILES string of the molecule is CCN(CC)c1ccc(/C=C2\Oc3c(cc4c(c3C)OCN(CCc3ccccc3OC)C4)C2=O)cc1. The van der Waals surface area contributed by atoms with Crippen molar-refractivity contribution in [1.29, 1.82) is 0 Å². The van der Waals surface area contributed by atoms with Crippen LogP contribution in [0.2, 0.25) is 0 Å². The number of hydrogen-bond donors (Lipinski definition) is 0. The van der Waals surface area contributed by atoms with Gasteiger partial charge in [-0.2, -0.15) is 0 Å². The van der Waals surface area contributed by atoms with Gasteiger partial charge in [0.15, 0.2) is 5.76 Å². The van der Waals surface area contributed by atoms with E-state index in [1.54, 1.807) is 7.11 Å². The second-order valence-electron chi connectivity index (χ2n) is 9.46. The molecule has 37 heavy (non-hydrogen) atoms. The van der Waals surface area contributed by atoms with Crippen molar-refractivity contribution in [3.8, 4) is 17.2 Å². The van der Waals surface area contributed by atoms with Crippen LogP contribution in [0.15, 0.2) is 60.4 Å². The standard InChI is InChI=1S/C31H34N2O4/c1-5-33(6-2)25-13-11-22(12-14-25)17-28-29(34)26-18-24-19-32(20-36-30(24)21(3)31(26)37-28)16-15-23-9-7-8-10-27(23)35-4/h7-14,17-18H,5-6,15-16,19-20H2,1-4H3/b28-17-. The van der Waals surface area contributed by atoms with E-state index in [1.165, 1.54) is 11.3 Å². The molecule has 0 spiro atoms. The molecule has 0 aromatic heterocycles. The molecule has 0 radical (unpaired) electrons. The first kappa shape index (κ1) is 24.9. The highest BCUT2D eigenvalue weighted by molar-refractivity contribution is 6.15. The molecule has 0 N–H and O–H groups in total. The smallest absolute Gasteiger partial charge is 0.231 e. The average Bonchev–Trinajstić information content (AvgIpc) is 3.24. The molecule has 0 fully saturated rings. The van der Waals surface area contributed by atoms with Gasteiger partial charge in [-0.1, -0.05) is 30.3 Å². The van der Waals surface area contributed by atoms with Crippen LogP contribution in [0.25, 0.3) is 6.08 Å². The molecule has 0 saturated carbocycles. The lowest BCUT2D eigenvalue weighted by Crippen LogP contribution is -2.34. The summed E-state index contributed by atoms with van der Waals surface area (Å²) in [6, 6.07) is 18.3. The van der Waals surface area contributed by atoms with E-state index in [0.717, 1.165) is 60.8 Å². The van der Waals surface area contributed by atoms with E-state index >= 15 is 0 Å². The number of nitrogens with zero attached hydrogens (tertiary/aromatic N) is 2. The molecule has 5 rings (SSSR count). The summed E-state index contributed by atoms with van der Waals surface area (Å²) in [5, 5.41) is 0. The van der Waals surface area contributed by atoms with Gasteiger partial charge in [-0.3, -0.25) is 9.69 Å². The number of allylic oxidation sites excluding steroid dienone is 1. The predicted octanol–water partition coefficient (Wildman–Crippen LogP) is 5.86. The van der Waals surface area contributed by atoms with Crippen LogP contribution in [-0.4, -0.2) is 44.2 Å². The molecule has 192 valence electrons. The quantitative estimate of drug-likeness (QED) is 0.363. The fraction of sp³-hybridized carbons (Fsp3) is 0.323. The van der Waals surface area contributed by atoms with Gasteiger partial charge in [-0.25, -0.2) is 0 Å². The third kappa shape index (κ3) is 4.94. The summed E-state index contributed by atoms with van der Waals surface area (Å²) in [6.07, 6.45) is 2.68. The van der Waals surface area contributed by atoms with Gasteiger partial charge in [0.2, 0.25) is 5.78 Å². The predicted molar refractivity (Wildman–Crippen MR) is 147 cm³/mol. The molecule has 2 heterocycles. The van der Waals surface area contributed by atoms with Crippen LogP contribution in [0.1, 0.15) is 46.5 Å². The zero-order valence-corrected chi connectivity index (χ0v) is 22.0. The monoisotopic (exact) mass is 498 g/mol. The number of anilines is 1. The van der Waals surface area contributed by atoms with Crippen LogP contribution in [0.3, 0.4) is 0 Å². The number of methoxy groups -OCH3 is 1. The van der Waals surface area contributed by atoms with Crippen molar-refractivity contribution in [3.63, 3.8) is 0 Å². The first-order valence-corrected chi connectivity index (χ1v) is 12.9. The Kier molecular flexibility index (Phi) is 7.19. The normalized spacial score (nSPS) is 15.7. The van der Waals surface area contributed by atoms with Gasteiger partial charge in [0, 0.05) is 43.0 Å². The largest absolute Gasteiger partial charge is 0.496 e. The van der Waals surface area contributed by atoms with Crippen LogP contribution < -0.4 is 19.1 Å². The number of carbonyl (C=O) groups is 1. The Bertz CT molecular complexity index is 1330. The number of benzene rings is 3. The molecule has 6 nitrogen and oxygen atoms in total. The summed E-state index contributed by atoms with van der Waals surface area (Å²) >= 11 is 0. The highest BCUT2D eigenvalue weighted by Gasteiger charge is 2.33. The van der Waals surface area contributed by atoms with Gasteiger partial charge in [0.25, 0.3) is 0 Å². The third-order valence-electron chi connectivity index (χ3n) is 7.21. The van der Waals surface area contributed by atoms with Gasteiger partial charge in [0.05, 0.1) is 12.7 Å². The van der Waals surface area contributed by atoms with E-state index in [9.17, 15) is 4.79 Å². The number of fused-ring (bicyclic) bond motifs is 2. The van der Waals surface area contributed by atoms with Gasteiger partial charge in [0.1, 0.15) is 24.0 Å². The Balaban J connectivity index is 1.32. The Morgan fingerprint density at radius 3 is 2.54 bits per heavy atom. The maximum Gasteiger partial charge on any atom is 0.231 e. The van der Waals surface area contributed by atoms with E-state index in [4.69, 9.17) is 14.2 Å². The Morgan fingerprint density at radius 1 is 1.05 bits per heavy atom. The van der Waals surface area contributed by atoms with E-state index in [0.29, 0.717) is 23.8 Å². The van der Waals surface area contributed by atoms with Crippen molar-refractivity contribution in [2.75, 3.05) is 38.4 Å². The summed E-state index contributed by atoms with van der Waals surface area (Å²) in [4.78, 5) is 17.8. The number of Topliss-reactive ketones (excluding diaryl/α,β-unsaturated/α-hetero) is 1. The second-order valence-corrected chi connectivity index (χ2v) is 9.46. The topological polar surface area (TPSA) is 51.2 Å². The third-order valence-corrected chi connectivity index (χ3v) is 7.21. The van der Waals surface area contributed by atoms with Crippen LogP contribution in [0.4, 0.5) is 5.69 Å². The van der Waals surface area contributed by atoms with Crippen molar-refractivity contribution in [2.24, 2.45) is 0 Å². The summed E-state index contributed by atoms with van der Waals surface area (Å²) in [7, 11) is 1.70. The molecule has 2 aliphatic rings. The Hall–Kier alpha value is -3.77. The number of rotatable bonds is 8. The maximum absolute atomic E-state index is 13.3. The van der Waals surface area contributed by atoms with Crippen LogP contribution >= 0.6 is 0 Å². The average molecular weight is 499 g/mol. The minimum absolute atomic E-state index is 0.0835. The van der Waals surface area contributed by atoms with Crippen molar-refractivity contribution >= 4 is 17.5 Å². The van der Waals surface area contributed by atoms with Gasteiger partial charge in [-0.15, -0.1) is 0 Å². The van der Waals surface area contributed by atoms with Crippen molar-refractivity contribution in [1.82, 2.24) is 4.90 Å². The molecule has 0 aliphatic carbocycles. The molecule has 0 amide bonds. The van der Waals surface area contributed by atoms with E-state index < -0.39 is 0 Å². The molecule has 0 unspecified atom stereocenters. The molecule has 2 aliphatic heterocycles. The number of ether oxygens (including phenoxy) is 3. The van der Waals surface area contributed by atoms with Gasteiger partial charge < -0.3 is 19.1 Å². The Morgan fingerprint density at radius 2 is 1.81 bits per heavy atom. The summed E-state index contributed by atoms with van der Waals surface area (Å²) in [5.74, 6) is 2.60.